The predicted molar refractivity (Wildman–Crippen MR) is 78.9 cm³/mol. The van der Waals surface area contributed by atoms with Crippen LogP contribution in [0.15, 0.2) is 18.2 Å². The van der Waals surface area contributed by atoms with Crippen LogP contribution in [0, 0.1) is 11.7 Å². The van der Waals surface area contributed by atoms with E-state index in [0.717, 1.165) is 12.1 Å². The van der Waals surface area contributed by atoms with Gasteiger partial charge in [0.1, 0.15) is 18.2 Å². The van der Waals surface area contributed by atoms with Crippen LogP contribution in [-0.4, -0.2) is 48.1 Å². The van der Waals surface area contributed by atoms with Gasteiger partial charge in [-0.3, -0.25) is 4.79 Å². The Kier molecular flexibility index (Phi) is 5.88. The third kappa shape index (κ3) is 4.77. The van der Waals surface area contributed by atoms with Gasteiger partial charge in [0.05, 0.1) is 11.6 Å². The normalized spacial score (nSPS) is 15.4. The average Bonchev–Trinajstić information content (AvgIpc) is 2.55. The second-order valence-electron chi connectivity index (χ2n) is 5.37. The highest BCUT2D eigenvalue weighted by atomic mass is 19.3. The number of anilines is 1. The molecule has 2 rings (SSSR count). The third-order valence-electron chi connectivity index (χ3n) is 3.68. The highest BCUT2D eigenvalue weighted by Crippen LogP contribution is 2.27. The Morgan fingerprint density at radius 1 is 1.33 bits per heavy atom. The number of carboxylic acid groups (broad SMARTS) is 1. The van der Waals surface area contributed by atoms with Crippen molar-refractivity contribution in [2.24, 2.45) is 5.92 Å². The number of hydrogen-bond donors (Lipinski definition) is 2. The van der Waals surface area contributed by atoms with Crippen LogP contribution in [0.3, 0.4) is 0 Å². The molecule has 1 saturated heterocycles. The van der Waals surface area contributed by atoms with Crippen LogP contribution in [0.25, 0.3) is 0 Å². The second-order valence-corrected chi connectivity index (χ2v) is 5.37. The monoisotopic (exact) mass is 346 g/mol. The van der Waals surface area contributed by atoms with Gasteiger partial charge in [0.2, 0.25) is 0 Å². The molecular formula is C15H17F3N2O4. The van der Waals surface area contributed by atoms with Gasteiger partial charge in [0, 0.05) is 19.2 Å². The van der Waals surface area contributed by atoms with Gasteiger partial charge < -0.3 is 20.1 Å². The number of nitrogens with zero attached hydrogens (tertiary/aromatic N) is 1. The lowest BCUT2D eigenvalue weighted by Crippen LogP contribution is -2.42. The number of carbonyl (C=O) groups is 2. The van der Waals surface area contributed by atoms with Gasteiger partial charge in [0.15, 0.2) is 0 Å². The quantitative estimate of drug-likeness (QED) is 0.859. The van der Waals surface area contributed by atoms with Gasteiger partial charge >= 0.3 is 12.0 Å². The molecule has 0 radical (unpaired) electrons. The molecule has 2 N–H and O–H groups in total. The Bertz CT molecular complexity index is 604. The number of nitrogens with one attached hydrogen (secondary N) is 1. The molecule has 6 nitrogen and oxygen atoms in total. The number of piperidine rings is 1. The molecular weight excluding hydrogens is 329 g/mol. The number of benzene rings is 1. The number of carbonyl (C=O) groups excluding carboxylic acids is 1. The molecule has 1 fully saturated rings. The molecule has 0 saturated carbocycles. The van der Waals surface area contributed by atoms with Crippen molar-refractivity contribution in [3.8, 4) is 5.75 Å². The number of carboxylic acids is 1. The van der Waals surface area contributed by atoms with E-state index in [1.165, 1.54) is 11.0 Å². The minimum absolute atomic E-state index is 0.0717. The Morgan fingerprint density at radius 2 is 2.00 bits per heavy atom. The highest BCUT2D eigenvalue weighted by molar-refractivity contribution is 5.91. The summed E-state index contributed by atoms with van der Waals surface area (Å²) >= 11 is 0. The highest BCUT2D eigenvalue weighted by Gasteiger charge is 2.27. The maximum Gasteiger partial charge on any atom is 0.321 e. The minimum atomic E-state index is -2.73. The van der Waals surface area contributed by atoms with E-state index in [0.29, 0.717) is 12.8 Å². The summed E-state index contributed by atoms with van der Waals surface area (Å²) in [7, 11) is 0. The molecule has 132 valence electrons. The zero-order valence-corrected chi connectivity index (χ0v) is 12.7. The largest absolute Gasteiger partial charge is 0.485 e. The van der Waals surface area contributed by atoms with E-state index in [-0.39, 0.29) is 24.5 Å². The Balaban J connectivity index is 2.00. The number of halogens is 3. The van der Waals surface area contributed by atoms with Crippen LogP contribution in [0.1, 0.15) is 12.8 Å². The van der Waals surface area contributed by atoms with Gasteiger partial charge in [-0.2, -0.15) is 0 Å². The first kappa shape index (κ1) is 17.9. The van der Waals surface area contributed by atoms with Gasteiger partial charge in [0.25, 0.3) is 6.43 Å². The molecule has 0 aliphatic carbocycles. The number of urea groups is 1. The number of likely N-dealkylation sites (tertiary alicyclic amines) is 1. The molecule has 0 unspecified atom stereocenters. The fraction of sp³-hybridized carbons (Fsp3) is 0.467. The van der Waals surface area contributed by atoms with E-state index in [1.54, 1.807) is 0 Å². The molecule has 2 amide bonds. The van der Waals surface area contributed by atoms with Crippen molar-refractivity contribution in [3.63, 3.8) is 0 Å². The molecule has 0 spiro atoms. The lowest BCUT2D eigenvalue weighted by Gasteiger charge is -2.30. The number of ether oxygens (including phenoxy) is 1. The first-order valence-corrected chi connectivity index (χ1v) is 7.36. The lowest BCUT2D eigenvalue weighted by molar-refractivity contribution is -0.143. The van der Waals surface area contributed by atoms with Gasteiger partial charge in [-0.15, -0.1) is 0 Å². The van der Waals surface area contributed by atoms with Crippen molar-refractivity contribution in [3.05, 3.63) is 24.0 Å². The standard InChI is InChI=1S/C15H17F3N2O4/c16-10-1-2-11(12(7-10)24-8-13(17)18)19-15(23)20-5-3-9(4-6-20)14(21)22/h1-2,7,9,13H,3-6,8H2,(H,19,23)(H,21,22). The number of amides is 2. The fourth-order valence-corrected chi connectivity index (χ4v) is 2.40. The van der Waals surface area contributed by atoms with E-state index in [4.69, 9.17) is 9.84 Å². The molecule has 0 atom stereocenters. The fourth-order valence-electron chi connectivity index (χ4n) is 2.40. The number of rotatable bonds is 5. The van der Waals surface area contributed by atoms with Crippen LogP contribution >= 0.6 is 0 Å². The lowest BCUT2D eigenvalue weighted by atomic mass is 9.97. The smallest absolute Gasteiger partial charge is 0.321 e. The summed E-state index contributed by atoms with van der Waals surface area (Å²) in [6.07, 6.45) is -2.06. The van der Waals surface area contributed by atoms with Crippen LogP contribution in [-0.2, 0) is 4.79 Å². The summed E-state index contributed by atoms with van der Waals surface area (Å²) in [4.78, 5) is 24.5. The van der Waals surface area contributed by atoms with Gasteiger partial charge in [-0.05, 0) is 25.0 Å². The van der Waals surface area contributed by atoms with E-state index >= 15 is 0 Å². The topological polar surface area (TPSA) is 78.9 Å². The minimum Gasteiger partial charge on any atom is -0.485 e. The second kappa shape index (κ2) is 7.89. The average molecular weight is 346 g/mol. The van der Waals surface area contributed by atoms with Crippen molar-refractivity contribution >= 4 is 17.7 Å². The van der Waals surface area contributed by atoms with Crippen LogP contribution in [0.4, 0.5) is 23.7 Å². The van der Waals surface area contributed by atoms with Crippen LogP contribution < -0.4 is 10.1 Å². The Morgan fingerprint density at radius 3 is 2.58 bits per heavy atom. The summed E-state index contributed by atoms with van der Waals surface area (Å²) in [6.45, 7) is -0.398. The SMILES string of the molecule is O=C(O)C1CCN(C(=O)Nc2ccc(F)cc2OCC(F)F)CC1. The van der Waals surface area contributed by atoms with E-state index in [2.05, 4.69) is 5.32 Å². The number of alkyl halides is 2. The van der Waals surface area contributed by atoms with E-state index < -0.39 is 36.8 Å². The molecule has 9 heteroatoms. The van der Waals surface area contributed by atoms with Crippen molar-refractivity contribution in [1.82, 2.24) is 4.90 Å². The summed E-state index contributed by atoms with van der Waals surface area (Å²) in [5.41, 5.74) is 0.0717. The molecule has 0 aromatic heterocycles. The maximum absolute atomic E-state index is 13.2. The first-order valence-electron chi connectivity index (χ1n) is 7.36. The van der Waals surface area contributed by atoms with Crippen LogP contribution in [0.5, 0.6) is 5.75 Å². The van der Waals surface area contributed by atoms with E-state index in [1.807, 2.05) is 0 Å². The van der Waals surface area contributed by atoms with E-state index in [9.17, 15) is 22.8 Å². The summed E-state index contributed by atoms with van der Waals surface area (Å²) in [6, 6.07) is 2.68. The maximum atomic E-state index is 13.2. The molecule has 1 aromatic rings. The summed E-state index contributed by atoms with van der Waals surface area (Å²) in [5.74, 6) is -2.25. The summed E-state index contributed by atoms with van der Waals surface area (Å²) in [5, 5.41) is 11.4. The molecule has 24 heavy (non-hydrogen) atoms. The Hall–Kier alpha value is -2.45. The summed E-state index contributed by atoms with van der Waals surface area (Å²) < 4.78 is 42.5. The molecule has 1 aliphatic rings. The predicted octanol–water partition coefficient (Wildman–Crippen LogP) is 2.80. The van der Waals surface area contributed by atoms with Gasteiger partial charge in [-0.1, -0.05) is 0 Å². The van der Waals surface area contributed by atoms with Crippen molar-refractivity contribution in [1.29, 1.82) is 0 Å². The zero-order chi connectivity index (χ0) is 17.7. The molecule has 1 aliphatic heterocycles. The Labute approximate surface area is 136 Å². The van der Waals surface area contributed by atoms with Crippen molar-refractivity contribution in [2.45, 2.75) is 19.3 Å². The molecule has 0 bridgehead atoms. The molecule has 1 heterocycles. The van der Waals surface area contributed by atoms with Crippen LogP contribution in [0.2, 0.25) is 0 Å². The van der Waals surface area contributed by atoms with Gasteiger partial charge in [-0.25, -0.2) is 18.0 Å². The number of hydrogen-bond acceptors (Lipinski definition) is 3. The molecule has 1 aromatic carbocycles. The third-order valence-corrected chi connectivity index (χ3v) is 3.68. The number of aliphatic carboxylic acids is 1. The zero-order valence-electron chi connectivity index (χ0n) is 12.7. The first-order chi connectivity index (χ1) is 11.4. The van der Waals surface area contributed by atoms with Crippen molar-refractivity contribution in [2.75, 3.05) is 25.0 Å². The van der Waals surface area contributed by atoms with Crippen molar-refractivity contribution < 1.29 is 32.6 Å².